The lowest BCUT2D eigenvalue weighted by Crippen LogP contribution is -2.33. The topological polar surface area (TPSA) is 57.6 Å². The molecule has 1 N–H and O–H groups in total. The molecule has 0 atom stereocenters. The molecule has 0 aromatic heterocycles. The number of rotatable bonds is 5. The van der Waals surface area contributed by atoms with Crippen LogP contribution < -0.4 is 0 Å². The molecule has 1 aromatic rings. The number of carbonyl (C=O) groups is 2. The second-order valence-corrected chi connectivity index (χ2v) is 4.52. The van der Waals surface area contributed by atoms with Crippen molar-refractivity contribution in [3.8, 4) is 0 Å². The summed E-state index contributed by atoms with van der Waals surface area (Å²) in [6.07, 6.45) is 0. The Labute approximate surface area is 107 Å². The number of halogens is 2. The van der Waals surface area contributed by atoms with Crippen molar-refractivity contribution in [2.45, 2.75) is 4.90 Å². The summed E-state index contributed by atoms with van der Waals surface area (Å²) in [4.78, 5) is 23.0. The van der Waals surface area contributed by atoms with Gasteiger partial charge in [-0.05, 0) is 12.1 Å². The molecule has 1 aromatic carbocycles. The lowest BCUT2D eigenvalue weighted by molar-refractivity contribution is -0.142. The summed E-state index contributed by atoms with van der Waals surface area (Å²) in [5.74, 6) is -3.10. The van der Waals surface area contributed by atoms with E-state index in [4.69, 9.17) is 5.11 Å². The van der Waals surface area contributed by atoms with Crippen LogP contribution in [0.3, 0.4) is 0 Å². The number of carboxylic acids is 1. The fourth-order valence-corrected chi connectivity index (χ4v) is 1.99. The van der Waals surface area contributed by atoms with Gasteiger partial charge in [0.1, 0.15) is 18.2 Å². The first-order valence-corrected chi connectivity index (χ1v) is 5.92. The van der Waals surface area contributed by atoms with Crippen molar-refractivity contribution < 1.29 is 23.5 Å². The van der Waals surface area contributed by atoms with Crippen LogP contribution in [-0.2, 0) is 9.59 Å². The minimum atomic E-state index is -1.12. The van der Waals surface area contributed by atoms with Crippen LogP contribution in [0.4, 0.5) is 8.78 Å². The lowest BCUT2D eigenvalue weighted by atomic mass is 10.3. The van der Waals surface area contributed by atoms with E-state index in [-0.39, 0.29) is 10.6 Å². The summed E-state index contributed by atoms with van der Waals surface area (Å²) in [6.45, 7) is -0.411. The monoisotopic (exact) mass is 275 g/mol. The molecule has 0 saturated heterocycles. The fraction of sp³-hybridized carbons (Fsp3) is 0.273. The smallest absolute Gasteiger partial charge is 0.323 e. The van der Waals surface area contributed by atoms with Gasteiger partial charge in [0.2, 0.25) is 5.91 Å². The summed E-state index contributed by atoms with van der Waals surface area (Å²) in [5, 5.41) is 8.49. The van der Waals surface area contributed by atoms with E-state index in [0.29, 0.717) is 0 Å². The van der Waals surface area contributed by atoms with E-state index in [2.05, 4.69) is 0 Å². The molecule has 0 spiro atoms. The van der Waals surface area contributed by atoms with Gasteiger partial charge >= 0.3 is 5.97 Å². The third-order valence-corrected chi connectivity index (χ3v) is 3.08. The van der Waals surface area contributed by atoms with Crippen LogP contribution in [0.2, 0.25) is 0 Å². The van der Waals surface area contributed by atoms with Crippen LogP contribution in [0, 0.1) is 11.6 Å². The maximum absolute atomic E-state index is 13.2. The summed E-state index contributed by atoms with van der Waals surface area (Å²) < 4.78 is 25.9. The van der Waals surface area contributed by atoms with Crippen molar-refractivity contribution in [2.24, 2.45) is 0 Å². The maximum Gasteiger partial charge on any atom is 0.323 e. The van der Waals surface area contributed by atoms with E-state index in [1.165, 1.54) is 13.1 Å². The van der Waals surface area contributed by atoms with Gasteiger partial charge in [-0.1, -0.05) is 0 Å². The highest BCUT2D eigenvalue weighted by atomic mass is 32.2. The van der Waals surface area contributed by atoms with Gasteiger partial charge in [-0.15, -0.1) is 11.8 Å². The van der Waals surface area contributed by atoms with Crippen molar-refractivity contribution >= 4 is 23.6 Å². The van der Waals surface area contributed by atoms with Crippen LogP contribution in [0.25, 0.3) is 0 Å². The van der Waals surface area contributed by atoms with Gasteiger partial charge in [-0.2, -0.15) is 0 Å². The van der Waals surface area contributed by atoms with E-state index < -0.39 is 30.1 Å². The molecule has 0 unspecified atom stereocenters. The Kier molecular flexibility index (Phi) is 5.08. The van der Waals surface area contributed by atoms with Crippen LogP contribution >= 0.6 is 11.8 Å². The molecule has 7 heteroatoms. The largest absolute Gasteiger partial charge is 0.480 e. The summed E-state index contributed by atoms with van der Waals surface area (Å²) in [6, 6.07) is 3.06. The van der Waals surface area contributed by atoms with Gasteiger partial charge in [0.15, 0.2) is 0 Å². The van der Waals surface area contributed by atoms with Gasteiger partial charge in [0, 0.05) is 18.0 Å². The number of hydrogen-bond acceptors (Lipinski definition) is 3. The molecule has 0 bridgehead atoms. The zero-order chi connectivity index (χ0) is 13.7. The van der Waals surface area contributed by atoms with Crippen molar-refractivity contribution in [1.29, 1.82) is 0 Å². The Morgan fingerprint density at radius 2 is 2.06 bits per heavy atom. The molecule has 0 heterocycles. The van der Waals surface area contributed by atoms with Crippen molar-refractivity contribution in [3.05, 3.63) is 29.8 Å². The summed E-state index contributed by atoms with van der Waals surface area (Å²) >= 11 is 0.893. The molecule has 0 aliphatic heterocycles. The second kappa shape index (κ2) is 6.34. The van der Waals surface area contributed by atoms with E-state index in [1.807, 2.05) is 0 Å². The van der Waals surface area contributed by atoms with E-state index in [1.54, 1.807) is 0 Å². The molecule has 0 fully saturated rings. The molecule has 0 saturated carbocycles. The average Bonchev–Trinajstić information content (AvgIpc) is 2.26. The number of amides is 1. The normalized spacial score (nSPS) is 10.2. The third kappa shape index (κ3) is 4.33. The molecular formula is C11H11F2NO3S. The minimum absolute atomic E-state index is 0.105. The number of carboxylic acid groups (broad SMARTS) is 1. The third-order valence-electron chi connectivity index (χ3n) is 2.04. The summed E-state index contributed by atoms with van der Waals surface area (Å²) in [5.41, 5.74) is 0. The zero-order valence-corrected chi connectivity index (χ0v) is 10.3. The second-order valence-electron chi connectivity index (χ2n) is 3.51. The Morgan fingerprint density at radius 3 is 2.61 bits per heavy atom. The van der Waals surface area contributed by atoms with Crippen molar-refractivity contribution in [1.82, 2.24) is 4.90 Å². The first-order chi connectivity index (χ1) is 8.40. The predicted molar refractivity (Wildman–Crippen MR) is 62.4 cm³/mol. The quantitative estimate of drug-likeness (QED) is 0.829. The van der Waals surface area contributed by atoms with Gasteiger partial charge < -0.3 is 10.0 Å². The van der Waals surface area contributed by atoms with Crippen LogP contribution in [0.5, 0.6) is 0 Å². The van der Waals surface area contributed by atoms with Crippen LogP contribution in [-0.4, -0.2) is 41.2 Å². The molecule has 4 nitrogen and oxygen atoms in total. The zero-order valence-electron chi connectivity index (χ0n) is 9.52. The van der Waals surface area contributed by atoms with E-state index >= 15 is 0 Å². The number of hydrogen-bond donors (Lipinski definition) is 1. The van der Waals surface area contributed by atoms with Crippen LogP contribution in [0.15, 0.2) is 23.1 Å². The molecular weight excluding hydrogens is 264 g/mol. The van der Waals surface area contributed by atoms with Crippen molar-refractivity contribution in [2.75, 3.05) is 19.3 Å². The molecule has 0 aliphatic carbocycles. The average molecular weight is 275 g/mol. The number of aliphatic carboxylic acids is 1. The highest BCUT2D eigenvalue weighted by Crippen LogP contribution is 2.22. The SMILES string of the molecule is CN(CC(=O)O)C(=O)CSc1ccc(F)cc1F. The van der Waals surface area contributed by atoms with Gasteiger partial charge in [-0.25, -0.2) is 8.78 Å². The Bertz CT molecular complexity index is 468. The number of benzene rings is 1. The summed E-state index contributed by atoms with van der Waals surface area (Å²) in [7, 11) is 1.35. The molecule has 1 rings (SSSR count). The number of thioether (sulfide) groups is 1. The molecule has 18 heavy (non-hydrogen) atoms. The molecule has 98 valence electrons. The first-order valence-electron chi connectivity index (χ1n) is 4.93. The Balaban J connectivity index is 2.54. The highest BCUT2D eigenvalue weighted by molar-refractivity contribution is 8.00. The molecule has 1 amide bonds. The van der Waals surface area contributed by atoms with Gasteiger partial charge in [-0.3, -0.25) is 9.59 Å². The molecule has 0 radical (unpaired) electrons. The minimum Gasteiger partial charge on any atom is -0.480 e. The van der Waals surface area contributed by atoms with Gasteiger partial charge in [0.05, 0.1) is 5.75 Å². The van der Waals surface area contributed by atoms with E-state index in [0.717, 1.165) is 28.8 Å². The lowest BCUT2D eigenvalue weighted by Gasteiger charge is -2.14. The fourth-order valence-electron chi connectivity index (χ4n) is 1.13. The van der Waals surface area contributed by atoms with Crippen molar-refractivity contribution in [3.63, 3.8) is 0 Å². The number of carbonyl (C=O) groups excluding carboxylic acids is 1. The maximum atomic E-state index is 13.2. The first kappa shape index (κ1) is 14.4. The number of nitrogens with zero attached hydrogens (tertiary/aromatic N) is 1. The van der Waals surface area contributed by atoms with Gasteiger partial charge in [0.25, 0.3) is 0 Å². The van der Waals surface area contributed by atoms with Crippen LogP contribution in [0.1, 0.15) is 0 Å². The standard InChI is InChI=1S/C11H11F2NO3S/c1-14(5-11(16)17)10(15)6-18-9-3-2-7(12)4-8(9)13/h2-4H,5-6H2,1H3,(H,16,17). The highest BCUT2D eigenvalue weighted by Gasteiger charge is 2.13. The predicted octanol–water partition coefficient (Wildman–Crippen LogP) is 1.60. The Hall–Kier alpha value is -1.63. The Morgan fingerprint density at radius 1 is 1.39 bits per heavy atom. The molecule has 0 aliphatic rings. The van der Waals surface area contributed by atoms with E-state index in [9.17, 15) is 18.4 Å². The number of likely N-dealkylation sites (N-methyl/N-ethyl adjacent to an activating group) is 1.